The first kappa shape index (κ1) is 17.8. The second-order valence-electron chi connectivity index (χ2n) is 5.92. The van der Waals surface area contributed by atoms with Gasteiger partial charge in [0.15, 0.2) is 0 Å². The van der Waals surface area contributed by atoms with Crippen LogP contribution in [0.4, 0.5) is 0 Å². The molecule has 1 aromatic carbocycles. The molecule has 1 fully saturated rings. The average molecular weight is 361 g/mol. The highest BCUT2D eigenvalue weighted by Crippen LogP contribution is 2.29. The number of methoxy groups -OCH3 is 2. The van der Waals surface area contributed by atoms with Crippen LogP contribution in [0.25, 0.3) is 0 Å². The van der Waals surface area contributed by atoms with Crippen molar-refractivity contribution in [1.29, 1.82) is 0 Å². The summed E-state index contributed by atoms with van der Waals surface area (Å²) in [5, 5.41) is 2.04. The zero-order valence-electron chi connectivity index (χ0n) is 14.6. The smallest absolute Gasteiger partial charge is 0.258 e. The Morgan fingerprint density at radius 1 is 1.24 bits per heavy atom. The minimum absolute atomic E-state index is 0.0141. The first-order valence-electron chi connectivity index (χ1n) is 8.36. The van der Waals surface area contributed by atoms with Crippen molar-refractivity contribution in [2.45, 2.75) is 25.4 Å². The van der Waals surface area contributed by atoms with E-state index in [-0.39, 0.29) is 11.9 Å². The SMILES string of the molecule is COc1ccc(C(=O)N(Cc2cccs2)C2CCOCC2)c(OC)c1. The molecule has 0 bridgehead atoms. The lowest BCUT2D eigenvalue weighted by Crippen LogP contribution is -2.43. The number of rotatable bonds is 6. The fraction of sp³-hybridized carbons (Fsp3) is 0.421. The predicted octanol–water partition coefficient (Wildman–Crippen LogP) is 3.59. The van der Waals surface area contributed by atoms with E-state index in [2.05, 4.69) is 6.07 Å². The molecule has 1 amide bonds. The number of amides is 1. The molecule has 0 saturated carbocycles. The van der Waals surface area contributed by atoms with E-state index in [9.17, 15) is 4.79 Å². The molecule has 2 aromatic rings. The maximum Gasteiger partial charge on any atom is 0.258 e. The van der Waals surface area contributed by atoms with Gasteiger partial charge in [-0.25, -0.2) is 0 Å². The molecule has 0 spiro atoms. The van der Waals surface area contributed by atoms with Crippen molar-refractivity contribution >= 4 is 17.2 Å². The highest BCUT2D eigenvalue weighted by molar-refractivity contribution is 7.09. The first-order valence-corrected chi connectivity index (χ1v) is 9.24. The Hall–Kier alpha value is -2.05. The number of hydrogen-bond donors (Lipinski definition) is 0. The average Bonchev–Trinajstić information content (AvgIpc) is 3.19. The number of carbonyl (C=O) groups excluding carboxylic acids is 1. The molecule has 1 aromatic heterocycles. The Kier molecular flexibility index (Phi) is 5.94. The van der Waals surface area contributed by atoms with Gasteiger partial charge >= 0.3 is 0 Å². The van der Waals surface area contributed by atoms with E-state index in [4.69, 9.17) is 14.2 Å². The standard InChI is InChI=1S/C19H23NO4S/c1-22-15-5-6-17(18(12-15)23-2)19(21)20(13-16-4-3-11-25-16)14-7-9-24-10-8-14/h3-6,11-12,14H,7-10,13H2,1-2H3. The van der Waals surface area contributed by atoms with E-state index in [1.54, 1.807) is 43.8 Å². The summed E-state index contributed by atoms with van der Waals surface area (Å²) in [6.07, 6.45) is 1.71. The molecule has 134 valence electrons. The van der Waals surface area contributed by atoms with Crippen LogP contribution in [0.2, 0.25) is 0 Å². The molecule has 0 aliphatic carbocycles. The van der Waals surface area contributed by atoms with E-state index in [0.29, 0.717) is 36.8 Å². The second kappa shape index (κ2) is 8.36. The normalized spacial score (nSPS) is 15.0. The van der Waals surface area contributed by atoms with Crippen molar-refractivity contribution in [3.8, 4) is 11.5 Å². The lowest BCUT2D eigenvalue weighted by atomic mass is 10.0. The Morgan fingerprint density at radius 3 is 2.68 bits per heavy atom. The van der Waals surface area contributed by atoms with Gasteiger partial charge in [-0.15, -0.1) is 11.3 Å². The van der Waals surface area contributed by atoms with Gasteiger partial charge in [0.1, 0.15) is 11.5 Å². The van der Waals surface area contributed by atoms with Crippen LogP contribution in [0, 0.1) is 0 Å². The van der Waals surface area contributed by atoms with Gasteiger partial charge in [-0.2, -0.15) is 0 Å². The Bertz CT molecular complexity index is 695. The van der Waals surface area contributed by atoms with Crippen LogP contribution in [0.3, 0.4) is 0 Å². The quantitative estimate of drug-likeness (QED) is 0.789. The van der Waals surface area contributed by atoms with Gasteiger partial charge in [-0.1, -0.05) is 6.07 Å². The van der Waals surface area contributed by atoms with Crippen molar-refractivity contribution in [2.24, 2.45) is 0 Å². The number of benzene rings is 1. The van der Waals surface area contributed by atoms with Crippen LogP contribution >= 0.6 is 11.3 Å². The van der Waals surface area contributed by atoms with Crippen LogP contribution in [-0.4, -0.2) is 44.3 Å². The van der Waals surface area contributed by atoms with Crippen molar-refractivity contribution < 1.29 is 19.0 Å². The van der Waals surface area contributed by atoms with Gasteiger partial charge < -0.3 is 19.1 Å². The zero-order chi connectivity index (χ0) is 17.6. The Morgan fingerprint density at radius 2 is 2.04 bits per heavy atom. The molecule has 1 saturated heterocycles. The van der Waals surface area contributed by atoms with Crippen LogP contribution in [0.15, 0.2) is 35.7 Å². The largest absolute Gasteiger partial charge is 0.497 e. The third kappa shape index (κ3) is 4.14. The lowest BCUT2D eigenvalue weighted by Gasteiger charge is -2.34. The number of ether oxygens (including phenoxy) is 3. The minimum atomic E-state index is -0.0141. The van der Waals surface area contributed by atoms with Gasteiger partial charge in [0.25, 0.3) is 5.91 Å². The maximum atomic E-state index is 13.3. The van der Waals surface area contributed by atoms with E-state index < -0.39 is 0 Å². The van der Waals surface area contributed by atoms with Crippen molar-refractivity contribution in [3.05, 3.63) is 46.2 Å². The topological polar surface area (TPSA) is 48.0 Å². The third-order valence-electron chi connectivity index (χ3n) is 4.44. The highest BCUT2D eigenvalue weighted by Gasteiger charge is 2.28. The summed E-state index contributed by atoms with van der Waals surface area (Å²) in [6, 6.07) is 9.58. The maximum absolute atomic E-state index is 13.3. The van der Waals surface area contributed by atoms with Crippen LogP contribution in [-0.2, 0) is 11.3 Å². The summed E-state index contributed by atoms with van der Waals surface area (Å²) in [6.45, 7) is 1.99. The van der Waals surface area contributed by atoms with Gasteiger partial charge in [0.2, 0.25) is 0 Å². The molecule has 3 rings (SSSR count). The number of carbonyl (C=O) groups is 1. The summed E-state index contributed by atoms with van der Waals surface area (Å²) < 4.78 is 16.1. The molecule has 1 aliphatic rings. The zero-order valence-corrected chi connectivity index (χ0v) is 15.4. The molecule has 2 heterocycles. The number of nitrogens with zero attached hydrogens (tertiary/aromatic N) is 1. The third-order valence-corrected chi connectivity index (χ3v) is 5.30. The molecule has 0 radical (unpaired) electrons. The fourth-order valence-corrected chi connectivity index (χ4v) is 3.77. The first-order chi connectivity index (χ1) is 12.2. The summed E-state index contributed by atoms with van der Waals surface area (Å²) in [5.74, 6) is 1.19. The van der Waals surface area contributed by atoms with E-state index in [1.807, 2.05) is 16.3 Å². The fourth-order valence-electron chi connectivity index (χ4n) is 3.06. The molecule has 0 unspecified atom stereocenters. The Balaban J connectivity index is 1.90. The minimum Gasteiger partial charge on any atom is -0.497 e. The van der Waals surface area contributed by atoms with E-state index >= 15 is 0 Å². The summed E-state index contributed by atoms with van der Waals surface area (Å²) in [7, 11) is 3.17. The van der Waals surface area contributed by atoms with E-state index in [1.165, 1.54) is 4.88 Å². The molecule has 5 nitrogen and oxygen atoms in total. The predicted molar refractivity (Wildman–Crippen MR) is 97.6 cm³/mol. The van der Waals surface area contributed by atoms with Gasteiger partial charge in [-0.3, -0.25) is 4.79 Å². The summed E-state index contributed by atoms with van der Waals surface area (Å²) in [5.41, 5.74) is 0.561. The molecule has 0 atom stereocenters. The van der Waals surface area contributed by atoms with Crippen LogP contribution in [0.5, 0.6) is 11.5 Å². The van der Waals surface area contributed by atoms with E-state index in [0.717, 1.165) is 12.8 Å². The molecular formula is C19H23NO4S. The van der Waals surface area contributed by atoms with Crippen LogP contribution in [0.1, 0.15) is 28.1 Å². The molecule has 25 heavy (non-hydrogen) atoms. The van der Waals surface area contributed by atoms with Gasteiger partial charge in [0, 0.05) is 30.2 Å². The number of hydrogen-bond acceptors (Lipinski definition) is 5. The molecule has 1 aliphatic heterocycles. The van der Waals surface area contributed by atoms with Crippen LogP contribution < -0.4 is 9.47 Å². The molecule has 6 heteroatoms. The summed E-state index contributed by atoms with van der Waals surface area (Å²) >= 11 is 1.67. The monoisotopic (exact) mass is 361 g/mol. The highest BCUT2D eigenvalue weighted by atomic mass is 32.1. The van der Waals surface area contributed by atoms with Gasteiger partial charge in [-0.05, 0) is 36.4 Å². The second-order valence-corrected chi connectivity index (χ2v) is 6.95. The lowest BCUT2D eigenvalue weighted by molar-refractivity contribution is 0.0268. The number of thiophene rings is 1. The molecule has 0 N–H and O–H groups in total. The molecular weight excluding hydrogens is 338 g/mol. The van der Waals surface area contributed by atoms with Crippen molar-refractivity contribution in [3.63, 3.8) is 0 Å². The van der Waals surface area contributed by atoms with Crippen molar-refractivity contribution in [2.75, 3.05) is 27.4 Å². The van der Waals surface area contributed by atoms with Crippen molar-refractivity contribution in [1.82, 2.24) is 4.90 Å². The summed E-state index contributed by atoms with van der Waals surface area (Å²) in [4.78, 5) is 16.4. The van der Waals surface area contributed by atoms with Gasteiger partial charge in [0.05, 0.1) is 26.3 Å². The Labute approximate surface area is 152 Å².